The minimum atomic E-state index is 0.714. The van der Waals surface area contributed by atoms with E-state index >= 15 is 0 Å². The van der Waals surface area contributed by atoms with Gasteiger partial charge in [0.15, 0.2) is 5.82 Å². The van der Waals surface area contributed by atoms with E-state index in [4.69, 9.17) is 21.6 Å². The molecule has 2 heterocycles. The smallest absolute Gasteiger partial charge is 0.161 e. The molecular weight excluding hydrogens is 432 g/mol. The van der Waals surface area contributed by atoms with Crippen molar-refractivity contribution in [1.29, 1.82) is 0 Å². The summed E-state index contributed by atoms with van der Waals surface area (Å²) in [4.78, 5) is 11.0. The fraction of sp³-hybridized carbons (Fsp3) is 0. The second-order valence-corrected chi connectivity index (χ2v) is 9.09. The van der Waals surface area contributed by atoms with Crippen LogP contribution in [0.5, 0.6) is 0 Å². The molecule has 6 aromatic rings. The summed E-state index contributed by atoms with van der Waals surface area (Å²) in [6.07, 6.45) is 0. The van der Waals surface area contributed by atoms with E-state index < -0.39 is 0 Å². The maximum atomic E-state index is 6.15. The first-order valence-corrected chi connectivity index (χ1v) is 11.6. The Hall–Kier alpha value is -3.53. The van der Waals surface area contributed by atoms with Crippen LogP contribution in [0.1, 0.15) is 0 Å². The van der Waals surface area contributed by atoms with Crippen molar-refractivity contribution in [3.05, 3.63) is 108 Å². The number of nitrogens with zero attached hydrogens (tertiary/aromatic N) is 2. The van der Waals surface area contributed by atoms with E-state index in [0.717, 1.165) is 32.9 Å². The Morgan fingerprint density at radius 2 is 1.19 bits per heavy atom. The number of rotatable bonds is 3. The molecule has 32 heavy (non-hydrogen) atoms. The zero-order valence-electron chi connectivity index (χ0n) is 17.0. The summed E-state index contributed by atoms with van der Waals surface area (Å²) >= 11 is 7.86. The van der Waals surface area contributed by atoms with Gasteiger partial charge in [-0.1, -0.05) is 96.5 Å². The first-order valence-electron chi connectivity index (χ1n) is 10.4. The van der Waals surface area contributed by atoms with Crippen molar-refractivity contribution in [2.75, 3.05) is 0 Å². The van der Waals surface area contributed by atoms with E-state index in [1.165, 1.54) is 21.2 Å². The lowest BCUT2D eigenvalue weighted by Crippen LogP contribution is -1.93. The lowest BCUT2D eigenvalue weighted by molar-refractivity contribution is 1.24. The summed E-state index contributed by atoms with van der Waals surface area (Å²) < 4.78 is 1.21. The largest absolute Gasteiger partial charge is 0.227 e. The molecule has 0 atom stereocenters. The zero-order chi connectivity index (χ0) is 21.5. The molecule has 0 unspecified atom stereocenters. The van der Waals surface area contributed by atoms with Gasteiger partial charge in [-0.15, -0.1) is 11.3 Å². The summed E-state index contributed by atoms with van der Waals surface area (Å²) in [5.41, 5.74) is 5.34. The highest BCUT2D eigenvalue weighted by atomic mass is 35.5. The van der Waals surface area contributed by atoms with Gasteiger partial charge in [-0.3, -0.25) is 0 Å². The molecule has 0 fully saturated rings. The Kier molecular flexibility index (Phi) is 4.71. The number of benzene rings is 4. The van der Waals surface area contributed by atoms with Gasteiger partial charge in [-0.05, 0) is 29.3 Å². The summed E-state index contributed by atoms with van der Waals surface area (Å²) in [5.74, 6) is 0.730. The van der Waals surface area contributed by atoms with Gasteiger partial charge in [0.05, 0.1) is 5.69 Å². The van der Waals surface area contributed by atoms with Crippen molar-refractivity contribution >= 4 is 43.2 Å². The van der Waals surface area contributed by atoms with E-state index in [1.54, 1.807) is 11.3 Å². The molecule has 0 saturated heterocycles. The van der Waals surface area contributed by atoms with Gasteiger partial charge in [0, 0.05) is 31.6 Å². The topological polar surface area (TPSA) is 25.8 Å². The highest BCUT2D eigenvalue weighted by molar-refractivity contribution is 7.25. The van der Waals surface area contributed by atoms with E-state index in [0.29, 0.717) is 5.02 Å². The van der Waals surface area contributed by atoms with E-state index in [1.807, 2.05) is 30.3 Å². The maximum Gasteiger partial charge on any atom is 0.161 e. The fourth-order valence-corrected chi connectivity index (χ4v) is 5.21. The van der Waals surface area contributed by atoms with E-state index in [2.05, 4.69) is 72.8 Å². The van der Waals surface area contributed by atoms with Crippen molar-refractivity contribution in [3.63, 3.8) is 0 Å². The SMILES string of the molecule is Clc1ccc(-c2nc(-c3ccc(-c4ccccc4)cc3)nc3sc4ccccc4c23)cc1. The fourth-order valence-electron chi connectivity index (χ4n) is 4.01. The van der Waals surface area contributed by atoms with Crippen molar-refractivity contribution in [2.24, 2.45) is 0 Å². The third-order valence-electron chi connectivity index (χ3n) is 5.61. The average Bonchev–Trinajstić information content (AvgIpc) is 3.23. The zero-order valence-corrected chi connectivity index (χ0v) is 18.6. The van der Waals surface area contributed by atoms with Crippen molar-refractivity contribution in [3.8, 4) is 33.8 Å². The van der Waals surface area contributed by atoms with Gasteiger partial charge in [-0.2, -0.15) is 0 Å². The molecule has 0 bridgehead atoms. The van der Waals surface area contributed by atoms with Gasteiger partial charge in [0.2, 0.25) is 0 Å². The van der Waals surface area contributed by atoms with Crippen LogP contribution < -0.4 is 0 Å². The van der Waals surface area contributed by atoms with Crippen LogP contribution in [-0.4, -0.2) is 9.97 Å². The highest BCUT2D eigenvalue weighted by Crippen LogP contribution is 2.39. The Balaban J connectivity index is 1.55. The minimum Gasteiger partial charge on any atom is -0.227 e. The summed E-state index contributed by atoms with van der Waals surface area (Å²) in [7, 11) is 0. The second kappa shape index (κ2) is 7.86. The van der Waals surface area contributed by atoms with Crippen LogP contribution in [0.2, 0.25) is 5.02 Å². The quantitative estimate of drug-likeness (QED) is 0.271. The Bertz CT molecular complexity index is 1550. The Morgan fingerprint density at radius 3 is 1.97 bits per heavy atom. The van der Waals surface area contributed by atoms with Crippen molar-refractivity contribution in [1.82, 2.24) is 9.97 Å². The van der Waals surface area contributed by atoms with Crippen LogP contribution in [0.25, 0.3) is 54.1 Å². The Labute approximate surface area is 194 Å². The summed E-state index contributed by atoms with van der Waals surface area (Å²) in [6.45, 7) is 0. The van der Waals surface area contributed by atoms with Gasteiger partial charge in [0.1, 0.15) is 4.83 Å². The lowest BCUT2D eigenvalue weighted by atomic mass is 10.0. The number of hydrogen-bond acceptors (Lipinski definition) is 3. The molecule has 4 heteroatoms. The highest BCUT2D eigenvalue weighted by Gasteiger charge is 2.16. The molecule has 2 nitrogen and oxygen atoms in total. The van der Waals surface area contributed by atoms with Crippen LogP contribution in [0.15, 0.2) is 103 Å². The summed E-state index contributed by atoms with van der Waals surface area (Å²) in [5, 5.41) is 2.99. The molecule has 152 valence electrons. The molecule has 0 amide bonds. The molecular formula is C28H17ClN2S. The standard InChI is InChI=1S/C28H17ClN2S/c29-22-16-14-20(15-17-22)26-25-23-8-4-5-9-24(23)32-28(25)31-27(30-26)21-12-10-19(11-13-21)18-6-2-1-3-7-18/h1-17H. The monoisotopic (exact) mass is 448 g/mol. The Morgan fingerprint density at radius 1 is 0.562 bits per heavy atom. The van der Waals surface area contributed by atoms with Gasteiger partial charge in [-0.25, -0.2) is 9.97 Å². The van der Waals surface area contributed by atoms with Crippen LogP contribution >= 0.6 is 22.9 Å². The van der Waals surface area contributed by atoms with Gasteiger partial charge in [0.25, 0.3) is 0 Å². The molecule has 0 saturated carbocycles. The van der Waals surface area contributed by atoms with Crippen LogP contribution in [0.3, 0.4) is 0 Å². The molecule has 0 spiro atoms. The van der Waals surface area contributed by atoms with Crippen LogP contribution in [-0.2, 0) is 0 Å². The molecule has 0 radical (unpaired) electrons. The van der Waals surface area contributed by atoms with Crippen LogP contribution in [0.4, 0.5) is 0 Å². The van der Waals surface area contributed by atoms with E-state index in [-0.39, 0.29) is 0 Å². The normalized spacial score (nSPS) is 11.3. The molecule has 4 aromatic carbocycles. The van der Waals surface area contributed by atoms with Gasteiger partial charge < -0.3 is 0 Å². The minimum absolute atomic E-state index is 0.714. The maximum absolute atomic E-state index is 6.15. The van der Waals surface area contributed by atoms with Crippen LogP contribution in [0, 0.1) is 0 Å². The number of thiophene rings is 1. The molecule has 6 rings (SSSR count). The number of aromatic nitrogens is 2. The molecule has 0 aliphatic rings. The van der Waals surface area contributed by atoms with Crippen molar-refractivity contribution < 1.29 is 0 Å². The van der Waals surface area contributed by atoms with Gasteiger partial charge >= 0.3 is 0 Å². The molecule has 2 aromatic heterocycles. The molecule has 0 aliphatic heterocycles. The summed E-state index contributed by atoms with van der Waals surface area (Å²) in [6, 6.07) is 35.1. The predicted molar refractivity (Wildman–Crippen MR) is 136 cm³/mol. The molecule has 0 aliphatic carbocycles. The number of hydrogen-bond donors (Lipinski definition) is 0. The first kappa shape index (κ1) is 19.2. The number of halogens is 1. The average molecular weight is 449 g/mol. The predicted octanol–water partition coefficient (Wildman–Crippen LogP) is 8.50. The first-order chi connectivity index (χ1) is 15.8. The number of fused-ring (bicyclic) bond motifs is 3. The molecule has 0 N–H and O–H groups in total. The van der Waals surface area contributed by atoms with E-state index in [9.17, 15) is 0 Å². The van der Waals surface area contributed by atoms with Crippen molar-refractivity contribution in [2.45, 2.75) is 0 Å². The third-order valence-corrected chi connectivity index (χ3v) is 6.92. The second-order valence-electron chi connectivity index (χ2n) is 7.62. The lowest BCUT2D eigenvalue weighted by Gasteiger charge is -2.08. The third kappa shape index (κ3) is 3.36.